The highest BCUT2D eigenvalue weighted by Crippen LogP contribution is 2.25. The highest BCUT2D eigenvalue weighted by atomic mass is 19.4. The number of hydrogen-bond acceptors (Lipinski definition) is 7. The molecule has 0 spiro atoms. The van der Waals surface area contributed by atoms with E-state index in [2.05, 4.69) is 30.2 Å². The highest BCUT2D eigenvalue weighted by Gasteiger charge is 2.28. The van der Waals surface area contributed by atoms with Gasteiger partial charge in [0.1, 0.15) is 5.75 Å². The van der Waals surface area contributed by atoms with E-state index in [1.54, 1.807) is 6.92 Å². The molecular weight excluding hydrogens is 331 g/mol. The minimum Gasteiger partial charge on any atom is -0.484 e. The number of halogens is 3. The van der Waals surface area contributed by atoms with Gasteiger partial charge in [0.05, 0.1) is 0 Å². The summed E-state index contributed by atoms with van der Waals surface area (Å²) < 4.78 is 45.7. The van der Waals surface area contributed by atoms with Crippen molar-refractivity contribution in [1.29, 1.82) is 0 Å². The van der Waals surface area contributed by atoms with Crippen LogP contribution in [0.4, 0.5) is 24.7 Å². The fourth-order valence-electron chi connectivity index (χ4n) is 1.93. The summed E-state index contributed by atoms with van der Waals surface area (Å²) in [4.78, 5) is 18.2. The first kappa shape index (κ1) is 15.8. The van der Waals surface area contributed by atoms with Gasteiger partial charge in [-0.1, -0.05) is 0 Å². The summed E-state index contributed by atoms with van der Waals surface area (Å²) in [6.07, 6.45) is -4.42. The lowest BCUT2D eigenvalue weighted by atomic mass is 10.2. The van der Waals surface area contributed by atoms with Crippen LogP contribution in [0.3, 0.4) is 0 Å². The van der Waals surface area contributed by atoms with Crippen molar-refractivity contribution in [2.75, 3.05) is 11.9 Å². The Bertz CT molecular complexity index is 934. The monoisotopic (exact) mass is 341 g/mol. The summed E-state index contributed by atoms with van der Waals surface area (Å²) in [6, 6.07) is 4.36. The molecule has 0 saturated heterocycles. The molecule has 0 amide bonds. The zero-order chi connectivity index (χ0) is 17.3. The van der Waals surface area contributed by atoms with E-state index in [0.717, 1.165) is 0 Å². The molecule has 2 N–H and O–H groups in total. The second-order valence-electron chi connectivity index (χ2n) is 4.86. The summed E-state index contributed by atoms with van der Waals surface area (Å²) in [7, 11) is 0. The number of alkyl halides is 3. The van der Waals surface area contributed by atoms with Gasteiger partial charge in [0, 0.05) is 5.69 Å². The third-order valence-corrected chi connectivity index (χ3v) is 2.96. The van der Waals surface area contributed by atoms with Crippen LogP contribution in [0, 0.1) is 6.92 Å². The largest absolute Gasteiger partial charge is 0.484 e. The first-order chi connectivity index (χ1) is 11.3. The minimum absolute atomic E-state index is 0.0541. The average molecular weight is 341 g/mol. The van der Waals surface area contributed by atoms with Gasteiger partial charge in [-0.25, -0.2) is 4.63 Å². The summed E-state index contributed by atoms with van der Waals surface area (Å²) in [5.41, 5.74) is 0.579. The molecule has 2 aromatic heterocycles. The van der Waals surface area contributed by atoms with Crippen LogP contribution in [-0.2, 0) is 0 Å². The Hall–Kier alpha value is -3.11. The molecule has 126 valence electrons. The third-order valence-electron chi connectivity index (χ3n) is 2.96. The SMILES string of the molecule is Cc1cc(Nc2nc3nonc3[nH]c2=O)ccc1OCC(F)(F)F. The molecular formula is C13H10F3N5O3. The van der Waals surface area contributed by atoms with Gasteiger partial charge in [-0.2, -0.15) is 18.2 Å². The molecule has 0 aliphatic rings. The molecule has 0 unspecified atom stereocenters. The van der Waals surface area contributed by atoms with Crippen LogP contribution in [0.2, 0.25) is 0 Å². The number of ether oxygens (including phenoxy) is 1. The second kappa shape index (κ2) is 5.83. The fourth-order valence-corrected chi connectivity index (χ4v) is 1.93. The van der Waals surface area contributed by atoms with Gasteiger partial charge in [-0.15, -0.1) is 0 Å². The van der Waals surface area contributed by atoms with Crippen molar-refractivity contribution in [2.24, 2.45) is 0 Å². The maximum atomic E-state index is 12.2. The van der Waals surface area contributed by atoms with Crippen LogP contribution in [-0.4, -0.2) is 33.1 Å². The lowest BCUT2D eigenvalue weighted by Gasteiger charge is -2.12. The van der Waals surface area contributed by atoms with Crippen molar-refractivity contribution in [3.05, 3.63) is 34.1 Å². The van der Waals surface area contributed by atoms with Crippen LogP contribution in [0.25, 0.3) is 11.3 Å². The highest BCUT2D eigenvalue weighted by molar-refractivity contribution is 5.67. The number of benzene rings is 1. The smallest absolute Gasteiger partial charge is 0.422 e. The molecule has 0 aliphatic heterocycles. The van der Waals surface area contributed by atoms with E-state index < -0.39 is 18.3 Å². The van der Waals surface area contributed by atoms with Crippen LogP contribution in [0.15, 0.2) is 27.6 Å². The standard InChI is InChI=1S/C13H10F3N5O3/c1-6-4-7(2-3-8(6)23-5-13(14,15)16)17-11-12(22)19-10-9(18-11)20-24-21-10/h2-4H,5H2,1H3,(H,17,18,20)(H,19,21,22). The number of hydrogen-bond donors (Lipinski definition) is 2. The fraction of sp³-hybridized carbons (Fsp3) is 0.231. The first-order valence-electron chi connectivity index (χ1n) is 6.62. The number of nitrogens with zero attached hydrogens (tertiary/aromatic N) is 3. The number of aromatic amines is 1. The molecule has 3 aromatic rings. The summed E-state index contributed by atoms with van der Waals surface area (Å²) in [5.74, 6) is 0.0393. The summed E-state index contributed by atoms with van der Waals surface area (Å²) >= 11 is 0. The van der Waals surface area contributed by atoms with Crippen molar-refractivity contribution >= 4 is 22.8 Å². The quantitative estimate of drug-likeness (QED) is 0.750. The Morgan fingerprint density at radius 3 is 2.83 bits per heavy atom. The van der Waals surface area contributed by atoms with Crippen molar-refractivity contribution in [2.45, 2.75) is 13.1 Å². The molecule has 0 saturated carbocycles. The van der Waals surface area contributed by atoms with Gasteiger partial charge in [0.15, 0.2) is 12.4 Å². The minimum atomic E-state index is -4.42. The maximum absolute atomic E-state index is 12.2. The lowest BCUT2D eigenvalue weighted by molar-refractivity contribution is -0.153. The van der Waals surface area contributed by atoms with Gasteiger partial charge in [0.2, 0.25) is 11.3 Å². The first-order valence-corrected chi connectivity index (χ1v) is 6.62. The molecule has 8 nitrogen and oxygen atoms in total. The van der Waals surface area contributed by atoms with Crippen molar-refractivity contribution < 1.29 is 22.5 Å². The Kier molecular flexibility index (Phi) is 3.83. The molecule has 3 rings (SSSR count). The molecule has 11 heteroatoms. The van der Waals surface area contributed by atoms with E-state index in [-0.39, 0.29) is 22.9 Å². The van der Waals surface area contributed by atoms with Crippen LogP contribution >= 0.6 is 0 Å². The number of anilines is 2. The molecule has 0 fully saturated rings. The molecule has 0 aliphatic carbocycles. The van der Waals surface area contributed by atoms with Crippen LogP contribution in [0.5, 0.6) is 5.75 Å². The number of aromatic nitrogens is 4. The van der Waals surface area contributed by atoms with Crippen molar-refractivity contribution in [3.63, 3.8) is 0 Å². The molecule has 0 atom stereocenters. The van der Waals surface area contributed by atoms with E-state index in [0.29, 0.717) is 11.3 Å². The number of fused-ring (bicyclic) bond motifs is 1. The topological polar surface area (TPSA) is 106 Å². The van der Waals surface area contributed by atoms with E-state index in [4.69, 9.17) is 4.74 Å². The Morgan fingerprint density at radius 2 is 2.12 bits per heavy atom. The summed E-state index contributed by atoms with van der Waals surface area (Å²) in [6.45, 7) is 0.205. The number of aryl methyl sites for hydroxylation is 1. The number of nitrogens with one attached hydrogen (secondary N) is 2. The number of H-pyrrole nitrogens is 1. The Balaban J connectivity index is 1.81. The second-order valence-corrected chi connectivity index (χ2v) is 4.86. The van der Waals surface area contributed by atoms with Gasteiger partial charge >= 0.3 is 6.18 Å². The zero-order valence-electron chi connectivity index (χ0n) is 12.1. The molecule has 24 heavy (non-hydrogen) atoms. The molecule has 0 radical (unpaired) electrons. The zero-order valence-corrected chi connectivity index (χ0v) is 12.1. The van der Waals surface area contributed by atoms with Gasteiger partial charge in [-0.05, 0) is 41.0 Å². The van der Waals surface area contributed by atoms with Crippen LogP contribution < -0.4 is 15.6 Å². The molecule has 0 bridgehead atoms. The maximum Gasteiger partial charge on any atom is 0.422 e. The van der Waals surface area contributed by atoms with E-state index >= 15 is 0 Å². The predicted octanol–water partition coefficient (Wildman–Crippen LogP) is 2.30. The van der Waals surface area contributed by atoms with Crippen molar-refractivity contribution in [1.82, 2.24) is 20.3 Å². The van der Waals surface area contributed by atoms with E-state index in [1.807, 2.05) is 0 Å². The summed E-state index contributed by atoms with van der Waals surface area (Å²) in [5, 5.41) is 9.71. The normalized spacial score (nSPS) is 11.7. The van der Waals surface area contributed by atoms with E-state index in [9.17, 15) is 18.0 Å². The van der Waals surface area contributed by atoms with Gasteiger partial charge in [0.25, 0.3) is 5.56 Å². The van der Waals surface area contributed by atoms with Crippen LogP contribution in [0.1, 0.15) is 5.56 Å². The van der Waals surface area contributed by atoms with Gasteiger partial charge in [-0.3, -0.25) is 9.78 Å². The number of rotatable bonds is 4. The Labute approximate surface area is 131 Å². The molecule has 1 aromatic carbocycles. The predicted molar refractivity (Wildman–Crippen MR) is 76.2 cm³/mol. The van der Waals surface area contributed by atoms with Crippen molar-refractivity contribution in [3.8, 4) is 5.75 Å². The third kappa shape index (κ3) is 3.45. The van der Waals surface area contributed by atoms with E-state index in [1.165, 1.54) is 18.2 Å². The Morgan fingerprint density at radius 1 is 1.33 bits per heavy atom. The molecule has 2 heterocycles. The average Bonchev–Trinajstić information content (AvgIpc) is 2.93. The lowest BCUT2D eigenvalue weighted by Crippen LogP contribution is -2.19. The van der Waals surface area contributed by atoms with Gasteiger partial charge < -0.3 is 10.1 Å².